The maximum absolute atomic E-state index is 11.4. The number of nitrogens with zero attached hydrogens (tertiary/aromatic N) is 2. The number of likely N-dealkylation sites (N-methyl/N-ethyl adjacent to an activating group) is 1. The highest BCUT2D eigenvalue weighted by Crippen LogP contribution is 2.21. The summed E-state index contributed by atoms with van der Waals surface area (Å²) in [7, 11) is 1.76. The summed E-state index contributed by atoms with van der Waals surface area (Å²) in [5.74, 6) is 1.87. The van der Waals surface area contributed by atoms with Gasteiger partial charge in [-0.3, -0.25) is 4.79 Å². The van der Waals surface area contributed by atoms with Crippen LogP contribution in [0.25, 0.3) is 0 Å². The number of nitrogens with one attached hydrogen (secondary N) is 2. The Labute approximate surface area is 132 Å². The average molecular weight is 313 g/mol. The van der Waals surface area contributed by atoms with Crippen molar-refractivity contribution in [1.82, 2.24) is 15.6 Å². The normalized spacial score (nSPS) is 15.4. The zero-order valence-electron chi connectivity index (χ0n) is 12.8. The van der Waals surface area contributed by atoms with Crippen molar-refractivity contribution in [2.24, 2.45) is 5.92 Å². The number of amides is 1. The highest BCUT2D eigenvalue weighted by atomic mass is 35.5. The molecule has 0 aromatic carbocycles. The van der Waals surface area contributed by atoms with Crippen molar-refractivity contribution in [3.63, 3.8) is 0 Å². The molecule has 2 heterocycles. The number of aromatic nitrogens is 1. The van der Waals surface area contributed by atoms with Gasteiger partial charge >= 0.3 is 0 Å². The Morgan fingerprint density at radius 1 is 1.38 bits per heavy atom. The van der Waals surface area contributed by atoms with E-state index >= 15 is 0 Å². The Morgan fingerprint density at radius 3 is 2.67 bits per heavy atom. The molecule has 0 saturated carbocycles. The lowest BCUT2D eigenvalue weighted by Gasteiger charge is -2.31. The molecule has 2 N–H and O–H groups in total. The summed E-state index contributed by atoms with van der Waals surface area (Å²) in [6, 6.07) is 4.09. The Balaban J connectivity index is 0.00000220. The van der Waals surface area contributed by atoms with Gasteiger partial charge in [-0.15, -0.1) is 12.4 Å². The third-order valence-electron chi connectivity index (χ3n) is 3.74. The molecule has 5 nitrogen and oxygen atoms in total. The number of halogens is 1. The van der Waals surface area contributed by atoms with Crippen LogP contribution < -0.4 is 15.5 Å². The van der Waals surface area contributed by atoms with Crippen LogP contribution in [0, 0.1) is 5.92 Å². The van der Waals surface area contributed by atoms with E-state index in [1.807, 2.05) is 12.3 Å². The van der Waals surface area contributed by atoms with Crippen molar-refractivity contribution in [1.29, 1.82) is 0 Å². The largest absolute Gasteiger partial charge is 0.357 e. The second-order valence-electron chi connectivity index (χ2n) is 5.50. The summed E-state index contributed by atoms with van der Waals surface area (Å²) >= 11 is 0. The molecule has 21 heavy (non-hydrogen) atoms. The predicted molar refractivity (Wildman–Crippen MR) is 87.9 cm³/mol. The number of pyridine rings is 1. The van der Waals surface area contributed by atoms with E-state index in [0.717, 1.165) is 30.4 Å². The van der Waals surface area contributed by atoms with Crippen molar-refractivity contribution in [2.45, 2.75) is 26.3 Å². The number of carbonyl (C=O) groups excluding carboxylic acids is 1. The summed E-state index contributed by atoms with van der Waals surface area (Å²) < 4.78 is 0. The minimum Gasteiger partial charge on any atom is -0.357 e. The van der Waals surface area contributed by atoms with Crippen molar-refractivity contribution in [2.75, 3.05) is 31.6 Å². The molecule has 0 spiro atoms. The first-order chi connectivity index (χ1) is 9.69. The molecule has 2 rings (SSSR count). The minimum atomic E-state index is 0. The summed E-state index contributed by atoms with van der Waals surface area (Å²) in [6.07, 6.45) is 4.33. The lowest BCUT2D eigenvalue weighted by Crippen LogP contribution is -2.33. The minimum absolute atomic E-state index is 0. The highest BCUT2D eigenvalue weighted by Gasteiger charge is 2.16. The zero-order chi connectivity index (χ0) is 14.4. The van der Waals surface area contributed by atoms with Crippen LogP contribution >= 0.6 is 12.4 Å². The molecule has 0 radical (unpaired) electrons. The number of hydrogen-bond donors (Lipinski definition) is 2. The smallest absolute Gasteiger partial charge is 0.234 e. The molecule has 1 saturated heterocycles. The van der Waals surface area contributed by atoms with E-state index in [4.69, 9.17) is 0 Å². The topological polar surface area (TPSA) is 57.3 Å². The standard InChI is InChI=1S/C15H24N4O.ClH/c1-12-5-7-19(8-6-12)14-4-3-13(9-17-14)10-18-15(20)11-16-2;/h3-4,9,12,16H,5-8,10-11H2,1-2H3,(H,18,20);1H. The summed E-state index contributed by atoms with van der Waals surface area (Å²) in [5, 5.41) is 5.67. The second-order valence-corrected chi connectivity index (χ2v) is 5.50. The fraction of sp³-hybridized carbons (Fsp3) is 0.600. The number of anilines is 1. The third kappa shape index (κ3) is 5.52. The SMILES string of the molecule is CNCC(=O)NCc1ccc(N2CCC(C)CC2)nc1.Cl. The van der Waals surface area contributed by atoms with E-state index in [2.05, 4.69) is 33.5 Å². The van der Waals surface area contributed by atoms with Crippen LogP contribution in [-0.4, -0.2) is 37.6 Å². The molecular formula is C15H25ClN4O. The first-order valence-corrected chi connectivity index (χ1v) is 7.30. The molecule has 6 heteroatoms. The van der Waals surface area contributed by atoms with Gasteiger partial charge in [-0.1, -0.05) is 13.0 Å². The molecule has 0 unspecified atom stereocenters. The Hall–Kier alpha value is -1.33. The molecule has 0 bridgehead atoms. The van der Waals surface area contributed by atoms with Crippen LogP contribution in [0.2, 0.25) is 0 Å². The van der Waals surface area contributed by atoms with Crippen molar-refractivity contribution in [3.05, 3.63) is 23.9 Å². The molecule has 0 aliphatic carbocycles. The van der Waals surface area contributed by atoms with E-state index in [1.54, 1.807) is 7.05 Å². The van der Waals surface area contributed by atoms with Gasteiger partial charge in [0, 0.05) is 25.8 Å². The average Bonchev–Trinajstić information content (AvgIpc) is 2.47. The molecule has 1 aromatic rings. The maximum atomic E-state index is 11.4. The summed E-state index contributed by atoms with van der Waals surface area (Å²) in [5.41, 5.74) is 1.03. The van der Waals surface area contributed by atoms with Crippen LogP contribution in [0.1, 0.15) is 25.3 Å². The van der Waals surface area contributed by atoms with Crippen LogP contribution in [0.3, 0.4) is 0 Å². The van der Waals surface area contributed by atoms with Crippen LogP contribution in [0.4, 0.5) is 5.82 Å². The van der Waals surface area contributed by atoms with Crippen LogP contribution in [0.15, 0.2) is 18.3 Å². The third-order valence-corrected chi connectivity index (χ3v) is 3.74. The van der Waals surface area contributed by atoms with Gasteiger partial charge in [0.1, 0.15) is 5.82 Å². The number of hydrogen-bond acceptors (Lipinski definition) is 4. The Bertz CT molecular complexity index is 430. The summed E-state index contributed by atoms with van der Waals surface area (Å²) in [4.78, 5) is 18.2. The van der Waals surface area contributed by atoms with E-state index in [-0.39, 0.29) is 18.3 Å². The lowest BCUT2D eigenvalue weighted by molar-refractivity contribution is -0.120. The number of carbonyl (C=O) groups is 1. The Morgan fingerprint density at radius 2 is 2.10 bits per heavy atom. The van der Waals surface area contributed by atoms with Gasteiger partial charge in [-0.25, -0.2) is 4.98 Å². The maximum Gasteiger partial charge on any atom is 0.234 e. The quantitative estimate of drug-likeness (QED) is 0.866. The zero-order valence-corrected chi connectivity index (χ0v) is 13.6. The predicted octanol–water partition coefficient (Wildman–Crippen LogP) is 1.58. The molecule has 1 aliphatic heterocycles. The molecular weight excluding hydrogens is 288 g/mol. The van der Waals surface area contributed by atoms with Gasteiger partial charge in [0.05, 0.1) is 6.54 Å². The highest BCUT2D eigenvalue weighted by molar-refractivity contribution is 5.85. The molecule has 1 amide bonds. The van der Waals surface area contributed by atoms with E-state index < -0.39 is 0 Å². The van der Waals surface area contributed by atoms with E-state index in [0.29, 0.717) is 13.1 Å². The molecule has 1 fully saturated rings. The number of rotatable bonds is 5. The van der Waals surface area contributed by atoms with Crippen molar-refractivity contribution < 1.29 is 4.79 Å². The molecule has 1 aromatic heterocycles. The molecule has 118 valence electrons. The van der Waals surface area contributed by atoms with E-state index in [9.17, 15) is 4.79 Å². The monoisotopic (exact) mass is 312 g/mol. The Kier molecular flexibility index (Phi) is 7.47. The number of piperidine rings is 1. The van der Waals surface area contributed by atoms with Crippen molar-refractivity contribution >= 4 is 24.1 Å². The van der Waals surface area contributed by atoms with Crippen molar-refractivity contribution in [3.8, 4) is 0 Å². The summed E-state index contributed by atoms with van der Waals surface area (Å²) in [6.45, 7) is 5.36. The second kappa shape index (κ2) is 8.85. The van der Waals surface area contributed by atoms with Gasteiger partial charge < -0.3 is 15.5 Å². The fourth-order valence-electron chi connectivity index (χ4n) is 2.37. The van der Waals surface area contributed by atoms with Gasteiger partial charge in [-0.05, 0) is 37.4 Å². The van der Waals surface area contributed by atoms with Gasteiger partial charge in [0.25, 0.3) is 0 Å². The molecule has 1 aliphatic rings. The lowest BCUT2D eigenvalue weighted by atomic mass is 9.99. The first-order valence-electron chi connectivity index (χ1n) is 7.30. The van der Waals surface area contributed by atoms with Gasteiger partial charge in [0.2, 0.25) is 5.91 Å². The van der Waals surface area contributed by atoms with Crippen LogP contribution in [-0.2, 0) is 11.3 Å². The van der Waals surface area contributed by atoms with Crippen LogP contribution in [0.5, 0.6) is 0 Å². The first kappa shape index (κ1) is 17.7. The fourth-order valence-corrected chi connectivity index (χ4v) is 2.37. The van der Waals surface area contributed by atoms with Gasteiger partial charge in [0.15, 0.2) is 0 Å². The molecule has 0 atom stereocenters. The van der Waals surface area contributed by atoms with Gasteiger partial charge in [-0.2, -0.15) is 0 Å². The van der Waals surface area contributed by atoms with E-state index in [1.165, 1.54) is 12.8 Å².